The number of nitriles is 1. The lowest BCUT2D eigenvalue weighted by Gasteiger charge is -2.06. The number of halogens is 2. The summed E-state index contributed by atoms with van der Waals surface area (Å²) in [5, 5.41) is 9.41. The number of benzene rings is 1. The van der Waals surface area contributed by atoms with E-state index in [1.807, 2.05) is 6.07 Å². The lowest BCUT2D eigenvalue weighted by Crippen LogP contribution is -1.98. The first kappa shape index (κ1) is 10.9. The molecule has 0 unspecified atom stereocenters. The fourth-order valence-corrected chi connectivity index (χ4v) is 1.25. The molecule has 1 aromatic rings. The van der Waals surface area contributed by atoms with Crippen LogP contribution in [0.4, 0.5) is 0 Å². The average Bonchev–Trinajstić information content (AvgIpc) is 2.16. The van der Waals surface area contributed by atoms with Crippen molar-refractivity contribution in [1.29, 1.82) is 5.26 Å². The Morgan fingerprint density at radius 1 is 1.50 bits per heavy atom. The van der Waals surface area contributed by atoms with Gasteiger partial charge in [0.2, 0.25) is 0 Å². The number of rotatable bonds is 3. The van der Waals surface area contributed by atoms with Gasteiger partial charge in [-0.2, -0.15) is 5.26 Å². The summed E-state index contributed by atoms with van der Waals surface area (Å²) in [6.07, 6.45) is 0. The quantitative estimate of drug-likeness (QED) is 0.742. The van der Waals surface area contributed by atoms with Crippen LogP contribution in [0.3, 0.4) is 0 Å². The summed E-state index contributed by atoms with van der Waals surface area (Å²) in [4.78, 5) is 0. The second kappa shape index (κ2) is 4.90. The van der Waals surface area contributed by atoms with Crippen molar-refractivity contribution < 1.29 is 4.74 Å². The van der Waals surface area contributed by atoms with Crippen LogP contribution in [0.1, 0.15) is 0 Å². The van der Waals surface area contributed by atoms with Crippen molar-refractivity contribution in [2.75, 3.05) is 6.61 Å². The minimum atomic E-state index is 0.137. The highest BCUT2D eigenvalue weighted by molar-refractivity contribution is 6.35. The van der Waals surface area contributed by atoms with E-state index in [2.05, 4.69) is 6.58 Å². The van der Waals surface area contributed by atoms with Crippen molar-refractivity contribution >= 4 is 23.2 Å². The standard InChI is InChI=1S/C10H7Cl2NO/c1-7(5-13)6-14-10-3-2-8(11)4-9(10)12/h2-4H,1,6H2. The van der Waals surface area contributed by atoms with Gasteiger partial charge in [0.25, 0.3) is 0 Å². The van der Waals surface area contributed by atoms with Gasteiger partial charge in [-0.25, -0.2) is 0 Å². The molecule has 0 aliphatic heterocycles. The third-order valence-corrected chi connectivity index (χ3v) is 1.98. The van der Waals surface area contributed by atoms with Gasteiger partial charge in [0, 0.05) is 5.02 Å². The number of hydrogen-bond acceptors (Lipinski definition) is 2. The molecule has 0 aliphatic rings. The van der Waals surface area contributed by atoms with Crippen LogP contribution in [0.5, 0.6) is 5.75 Å². The molecule has 72 valence electrons. The largest absolute Gasteiger partial charge is 0.487 e. The summed E-state index contributed by atoms with van der Waals surface area (Å²) in [6, 6.07) is 6.77. The molecule has 0 aliphatic carbocycles. The molecule has 0 N–H and O–H groups in total. The lowest BCUT2D eigenvalue weighted by molar-refractivity contribution is 0.357. The monoisotopic (exact) mass is 227 g/mol. The number of ether oxygens (including phenoxy) is 1. The predicted octanol–water partition coefficient (Wildman–Crippen LogP) is 3.45. The molecule has 0 radical (unpaired) electrons. The van der Waals surface area contributed by atoms with E-state index in [1.54, 1.807) is 18.2 Å². The molecule has 0 amide bonds. The first-order valence-corrected chi connectivity index (χ1v) is 4.55. The van der Waals surface area contributed by atoms with E-state index in [1.165, 1.54) is 0 Å². The second-order valence-electron chi connectivity index (χ2n) is 2.58. The summed E-state index contributed by atoms with van der Waals surface area (Å²) >= 11 is 11.5. The minimum absolute atomic E-state index is 0.137. The van der Waals surface area contributed by atoms with E-state index in [9.17, 15) is 0 Å². The molecule has 1 rings (SSSR count). The molecule has 0 atom stereocenters. The molecular formula is C10H7Cl2NO. The van der Waals surface area contributed by atoms with E-state index < -0.39 is 0 Å². The van der Waals surface area contributed by atoms with Gasteiger partial charge >= 0.3 is 0 Å². The molecule has 0 spiro atoms. The van der Waals surface area contributed by atoms with Crippen LogP contribution in [0.2, 0.25) is 10.0 Å². The van der Waals surface area contributed by atoms with E-state index in [-0.39, 0.29) is 6.61 Å². The molecule has 2 nitrogen and oxygen atoms in total. The number of hydrogen-bond donors (Lipinski definition) is 0. The third kappa shape index (κ3) is 2.95. The molecule has 4 heteroatoms. The third-order valence-electron chi connectivity index (χ3n) is 1.45. The fourth-order valence-electron chi connectivity index (χ4n) is 0.789. The first-order valence-electron chi connectivity index (χ1n) is 3.79. The Hall–Kier alpha value is -1.17. The van der Waals surface area contributed by atoms with Crippen molar-refractivity contribution in [2.45, 2.75) is 0 Å². The van der Waals surface area contributed by atoms with Gasteiger partial charge in [-0.15, -0.1) is 0 Å². The maximum atomic E-state index is 8.44. The molecule has 0 aromatic heterocycles. The summed E-state index contributed by atoms with van der Waals surface area (Å²) in [6.45, 7) is 3.62. The Bertz CT molecular complexity index is 396. The van der Waals surface area contributed by atoms with E-state index in [0.29, 0.717) is 21.4 Å². The van der Waals surface area contributed by atoms with Crippen LogP contribution in [-0.4, -0.2) is 6.61 Å². The van der Waals surface area contributed by atoms with Gasteiger partial charge < -0.3 is 4.74 Å². The summed E-state index contributed by atoms with van der Waals surface area (Å²) in [5.74, 6) is 0.493. The van der Waals surface area contributed by atoms with Crippen LogP contribution in [0.15, 0.2) is 30.4 Å². The maximum absolute atomic E-state index is 8.44. The van der Waals surface area contributed by atoms with Crippen LogP contribution in [0, 0.1) is 11.3 Å². The first-order chi connectivity index (χ1) is 6.63. The van der Waals surface area contributed by atoms with E-state index in [0.717, 1.165) is 0 Å². The highest BCUT2D eigenvalue weighted by atomic mass is 35.5. The van der Waals surface area contributed by atoms with Crippen molar-refractivity contribution in [3.63, 3.8) is 0 Å². The van der Waals surface area contributed by atoms with Gasteiger partial charge in [0.1, 0.15) is 12.4 Å². The Labute approximate surface area is 92.3 Å². The molecule has 0 saturated carbocycles. The van der Waals surface area contributed by atoms with Crippen molar-refractivity contribution in [3.8, 4) is 11.8 Å². The molecule has 0 heterocycles. The maximum Gasteiger partial charge on any atom is 0.138 e. The fraction of sp³-hybridized carbons (Fsp3) is 0.100. The van der Waals surface area contributed by atoms with Crippen molar-refractivity contribution in [1.82, 2.24) is 0 Å². The zero-order chi connectivity index (χ0) is 10.6. The Balaban J connectivity index is 2.69. The zero-order valence-corrected chi connectivity index (χ0v) is 8.77. The van der Waals surface area contributed by atoms with Crippen LogP contribution in [-0.2, 0) is 0 Å². The van der Waals surface area contributed by atoms with Gasteiger partial charge in [0.05, 0.1) is 16.7 Å². The number of nitrogens with zero attached hydrogens (tertiary/aromatic N) is 1. The molecule has 1 aromatic carbocycles. The van der Waals surface area contributed by atoms with Crippen molar-refractivity contribution in [3.05, 3.63) is 40.4 Å². The van der Waals surface area contributed by atoms with Crippen LogP contribution >= 0.6 is 23.2 Å². The van der Waals surface area contributed by atoms with Crippen LogP contribution in [0.25, 0.3) is 0 Å². The van der Waals surface area contributed by atoms with Crippen molar-refractivity contribution in [2.24, 2.45) is 0 Å². The summed E-state index contributed by atoms with van der Waals surface area (Å²) < 4.78 is 5.23. The van der Waals surface area contributed by atoms with Crippen LogP contribution < -0.4 is 4.74 Å². The smallest absolute Gasteiger partial charge is 0.138 e. The Kier molecular flexibility index (Phi) is 3.82. The van der Waals surface area contributed by atoms with Gasteiger partial charge in [-0.05, 0) is 18.2 Å². The Morgan fingerprint density at radius 3 is 2.79 bits per heavy atom. The Morgan fingerprint density at radius 2 is 2.21 bits per heavy atom. The molecular weight excluding hydrogens is 221 g/mol. The molecule has 0 saturated heterocycles. The van der Waals surface area contributed by atoms with E-state index in [4.69, 9.17) is 33.2 Å². The molecule has 0 fully saturated rings. The van der Waals surface area contributed by atoms with Gasteiger partial charge in [0.15, 0.2) is 0 Å². The second-order valence-corrected chi connectivity index (χ2v) is 3.42. The van der Waals surface area contributed by atoms with Gasteiger partial charge in [-0.3, -0.25) is 0 Å². The predicted molar refractivity (Wildman–Crippen MR) is 56.7 cm³/mol. The minimum Gasteiger partial charge on any atom is -0.487 e. The summed E-state index contributed by atoms with van der Waals surface area (Å²) in [7, 11) is 0. The topological polar surface area (TPSA) is 33.0 Å². The highest BCUT2D eigenvalue weighted by Crippen LogP contribution is 2.27. The SMILES string of the molecule is C=C(C#N)COc1ccc(Cl)cc1Cl. The molecule has 14 heavy (non-hydrogen) atoms. The normalized spacial score (nSPS) is 9.21. The highest BCUT2D eigenvalue weighted by Gasteiger charge is 2.02. The zero-order valence-electron chi connectivity index (χ0n) is 7.26. The lowest BCUT2D eigenvalue weighted by atomic mass is 10.3. The van der Waals surface area contributed by atoms with Gasteiger partial charge in [-0.1, -0.05) is 29.8 Å². The summed E-state index contributed by atoms with van der Waals surface area (Å²) in [5.41, 5.74) is 0.344. The average molecular weight is 228 g/mol. The molecule has 0 bridgehead atoms. The van der Waals surface area contributed by atoms with E-state index >= 15 is 0 Å².